The minimum absolute atomic E-state index is 0.125. The zero-order valence-electron chi connectivity index (χ0n) is 17.8. The van der Waals surface area contributed by atoms with Crippen molar-refractivity contribution >= 4 is 11.0 Å². The van der Waals surface area contributed by atoms with E-state index in [0.29, 0.717) is 13.2 Å². The Bertz CT molecular complexity index is 1100. The van der Waals surface area contributed by atoms with E-state index in [4.69, 9.17) is 14.5 Å². The lowest BCUT2D eigenvalue weighted by Crippen LogP contribution is -2.17. The first-order chi connectivity index (χ1) is 14.7. The van der Waals surface area contributed by atoms with Gasteiger partial charge in [-0.3, -0.25) is 0 Å². The van der Waals surface area contributed by atoms with Crippen LogP contribution in [0.15, 0.2) is 72.8 Å². The first kappa shape index (κ1) is 20.0. The standard InChI is InChI=1S/C26H28N2O2/c1-4-24(30-21-13-6-5-7-14-21)26-27-22-15-8-9-16-23(22)28(26)17-18-29-25-19(2)11-10-12-20(25)3/h5-16,24H,4,17-18H2,1-3H3. The molecule has 4 heteroatoms. The maximum Gasteiger partial charge on any atom is 0.156 e. The summed E-state index contributed by atoms with van der Waals surface area (Å²) in [5, 5.41) is 0. The molecule has 3 aromatic carbocycles. The lowest BCUT2D eigenvalue weighted by atomic mass is 10.1. The third kappa shape index (κ3) is 4.18. The first-order valence-corrected chi connectivity index (χ1v) is 10.5. The average molecular weight is 401 g/mol. The number of aromatic nitrogens is 2. The summed E-state index contributed by atoms with van der Waals surface area (Å²) in [7, 11) is 0. The second-order valence-electron chi connectivity index (χ2n) is 7.51. The summed E-state index contributed by atoms with van der Waals surface area (Å²) in [6.45, 7) is 7.58. The van der Waals surface area contributed by atoms with Crippen molar-refractivity contribution in [2.45, 2.75) is 39.8 Å². The van der Waals surface area contributed by atoms with E-state index in [1.807, 2.05) is 36.4 Å². The van der Waals surface area contributed by atoms with Gasteiger partial charge in [0.1, 0.15) is 18.1 Å². The van der Waals surface area contributed by atoms with Gasteiger partial charge in [0.05, 0.1) is 17.6 Å². The van der Waals surface area contributed by atoms with Crippen molar-refractivity contribution in [1.82, 2.24) is 9.55 Å². The highest BCUT2D eigenvalue weighted by Crippen LogP contribution is 2.28. The van der Waals surface area contributed by atoms with Crippen molar-refractivity contribution in [2.24, 2.45) is 0 Å². The van der Waals surface area contributed by atoms with Crippen molar-refractivity contribution in [2.75, 3.05) is 6.61 Å². The minimum atomic E-state index is -0.125. The molecule has 0 bridgehead atoms. The SMILES string of the molecule is CCC(Oc1ccccc1)c1nc2ccccc2n1CCOc1c(C)cccc1C. The summed E-state index contributed by atoms with van der Waals surface area (Å²) in [6.07, 6.45) is 0.704. The van der Waals surface area contributed by atoms with Crippen LogP contribution < -0.4 is 9.47 Å². The fourth-order valence-electron chi connectivity index (χ4n) is 3.82. The molecule has 0 amide bonds. The molecule has 0 radical (unpaired) electrons. The van der Waals surface area contributed by atoms with Crippen LogP contribution in [0.5, 0.6) is 11.5 Å². The van der Waals surface area contributed by atoms with Crippen LogP contribution in [0.1, 0.15) is 36.4 Å². The number of hydrogen-bond acceptors (Lipinski definition) is 3. The van der Waals surface area contributed by atoms with Gasteiger partial charge in [0.2, 0.25) is 0 Å². The largest absolute Gasteiger partial charge is 0.491 e. The minimum Gasteiger partial charge on any atom is -0.491 e. The zero-order valence-corrected chi connectivity index (χ0v) is 17.8. The molecule has 0 saturated heterocycles. The number of imidazole rings is 1. The molecular formula is C26H28N2O2. The molecule has 4 nitrogen and oxygen atoms in total. The molecule has 0 spiro atoms. The van der Waals surface area contributed by atoms with Gasteiger partial charge >= 0.3 is 0 Å². The van der Waals surface area contributed by atoms with Crippen molar-refractivity contribution in [3.63, 3.8) is 0 Å². The molecule has 1 unspecified atom stereocenters. The molecule has 4 aromatic rings. The van der Waals surface area contributed by atoms with Crippen LogP contribution in [0.3, 0.4) is 0 Å². The summed E-state index contributed by atoms with van der Waals surface area (Å²) in [5.41, 5.74) is 4.40. The molecule has 0 aliphatic rings. The summed E-state index contributed by atoms with van der Waals surface area (Å²) in [6, 6.07) is 24.4. The van der Waals surface area contributed by atoms with Crippen molar-refractivity contribution < 1.29 is 9.47 Å². The quantitative estimate of drug-likeness (QED) is 0.350. The van der Waals surface area contributed by atoms with Crippen LogP contribution in [-0.4, -0.2) is 16.2 Å². The predicted molar refractivity (Wildman–Crippen MR) is 121 cm³/mol. The van der Waals surface area contributed by atoms with Gasteiger partial charge in [-0.15, -0.1) is 0 Å². The van der Waals surface area contributed by atoms with E-state index >= 15 is 0 Å². The Balaban J connectivity index is 1.61. The highest BCUT2D eigenvalue weighted by molar-refractivity contribution is 5.76. The summed E-state index contributed by atoms with van der Waals surface area (Å²) >= 11 is 0. The van der Waals surface area contributed by atoms with Crippen LogP contribution >= 0.6 is 0 Å². The fourth-order valence-corrected chi connectivity index (χ4v) is 3.82. The second kappa shape index (κ2) is 9.04. The number of aryl methyl sites for hydroxylation is 2. The van der Waals surface area contributed by atoms with E-state index < -0.39 is 0 Å². The lowest BCUT2D eigenvalue weighted by Gasteiger charge is -2.19. The van der Waals surface area contributed by atoms with E-state index in [1.54, 1.807) is 0 Å². The van der Waals surface area contributed by atoms with Gasteiger partial charge in [0, 0.05) is 0 Å². The average Bonchev–Trinajstić information content (AvgIpc) is 3.13. The smallest absolute Gasteiger partial charge is 0.156 e. The van der Waals surface area contributed by atoms with Gasteiger partial charge < -0.3 is 14.0 Å². The Morgan fingerprint density at radius 3 is 2.30 bits per heavy atom. The number of hydrogen-bond donors (Lipinski definition) is 0. The molecule has 1 atom stereocenters. The normalized spacial score (nSPS) is 12.1. The summed E-state index contributed by atoms with van der Waals surface area (Å²) < 4.78 is 14.7. The monoisotopic (exact) mass is 400 g/mol. The van der Waals surface area contributed by atoms with E-state index in [0.717, 1.165) is 45.9 Å². The topological polar surface area (TPSA) is 36.3 Å². The molecule has 1 heterocycles. The fraction of sp³-hybridized carbons (Fsp3) is 0.269. The van der Waals surface area contributed by atoms with Gasteiger partial charge in [0.25, 0.3) is 0 Å². The molecule has 1 aromatic heterocycles. The Morgan fingerprint density at radius 2 is 1.57 bits per heavy atom. The van der Waals surface area contributed by atoms with Crippen LogP contribution in [0.2, 0.25) is 0 Å². The lowest BCUT2D eigenvalue weighted by molar-refractivity contribution is 0.184. The van der Waals surface area contributed by atoms with Gasteiger partial charge in [-0.1, -0.05) is 55.5 Å². The third-order valence-corrected chi connectivity index (χ3v) is 5.33. The number of benzene rings is 3. The number of rotatable bonds is 8. The van der Waals surface area contributed by atoms with Gasteiger partial charge in [0.15, 0.2) is 11.9 Å². The maximum absolute atomic E-state index is 6.30. The number of ether oxygens (including phenoxy) is 2. The molecule has 30 heavy (non-hydrogen) atoms. The molecule has 0 aliphatic heterocycles. The van der Waals surface area contributed by atoms with E-state index in [9.17, 15) is 0 Å². The van der Waals surface area contributed by atoms with Gasteiger partial charge in [-0.25, -0.2) is 4.98 Å². The molecular weight excluding hydrogens is 372 g/mol. The van der Waals surface area contributed by atoms with Crippen LogP contribution in [0.4, 0.5) is 0 Å². The molecule has 0 fully saturated rings. The van der Waals surface area contributed by atoms with Crippen molar-refractivity contribution in [3.05, 3.63) is 89.7 Å². The van der Waals surface area contributed by atoms with Crippen LogP contribution in [0.25, 0.3) is 11.0 Å². The van der Waals surface area contributed by atoms with Crippen molar-refractivity contribution in [1.29, 1.82) is 0 Å². The molecule has 0 N–H and O–H groups in total. The number of nitrogens with zero attached hydrogens (tertiary/aromatic N) is 2. The van der Waals surface area contributed by atoms with Crippen LogP contribution in [-0.2, 0) is 6.54 Å². The third-order valence-electron chi connectivity index (χ3n) is 5.33. The summed E-state index contributed by atoms with van der Waals surface area (Å²) in [4.78, 5) is 4.92. The number of fused-ring (bicyclic) bond motifs is 1. The molecule has 4 rings (SSSR count). The van der Waals surface area contributed by atoms with Gasteiger partial charge in [-0.05, 0) is 55.7 Å². The number of para-hydroxylation sites is 4. The van der Waals surface area contributed by atoms with E-state index in [1.165, 1.54) is 0 Å². The Labute approximate surface area is 178 Å². The van der Waals surface area contributed by atoms with Gasteiger partial charge in [-0.2, -0.15) is 0 Å². The highest BCUT2D eigenvalue weighted by Gasteiger charge is 2.20. The van der Waals surface area contributed by atoms with Crippen molar-refractivity contribution in [3.8, 4) is 11.5 Å². The zero-order chi connectivity index (χ0) is 20.9. The predicted octanol–water partition coefficient (Wildman–Crippen LogP) is 6.26. The maximum atomic E-state index is 6.30. The molecule has 154 valence electrons. The first-order valence-electron chi connectivity index (χ1n) is 10.5. The second-order valence-corrected chi connectivity index (χ2v) is 7.51. The Kier molecular flexibility index (Phi) is 6.03. The van der Waals surface area contributed by atoms with E-state index in [-0.39, 0.29) is 6.10 Å². The highest BCUT2D eigenvalue weighted by atomic mass is 16.5. The molecule has 0 saturated carbocycles. The Hall–Kier alpha value is -3.27. The van der Waals surface area contributed by atoms with E-state index in [2.05, 4.69) is 61.7 Å². The molecule has 0 aliphatic carbocycles. The summed E-state index contributed by atoms with van der Waals surface area (Å²) in [5.74, 6) is 2.76. The van der Waals surface area contributed by atoms with Crippen LogP contribution in [0, 0.1) is 13.8 Å². The Morgan fingerprint density at radius 1 is 0.867 bits per heavy atom.